The van der Waals surface area contributed by atoms with Gasteiger partial charge < -0.3 is 4.98 Å². The second-order valence-electron chi connectivity index (χ2n) is 6.05. The Morgan fingerprint density at radius 2 is 1.88 bits per heavy atom. The first-order valence-corrected chi connectivity index (χ1v) is 8.19. The molecule has 0 spiro atoms. The molecule has 118 valence electrons. The predicted octanol–water partition coefficient (Wildman–Crippen LogP) is 5.28. The van der Waals surface area contributed by atoms with E-state index in [0.717, 1.165) is 33.2 Å². The molecular formula is C21H18N2O. The van der Waals surface area contributed by atoms with E-state index in [1.54, 1.807) is 0 Å². The fraction of sp³-hybridized carbons (Fsp3) is 0.143. The van der Waals surface area contributed by atoms with Gasteiger partial charge >= 0.3 is 0 Å². The molecule has 4 rings (SSSR count). The third-order valence-electron chi connectivity index (χ3n) is 4.55. The van der Waals surface area contributed by atoms with Crippen molar-refractivity contribution < 1.29 is 4.79 Å². The number of rotatable bonds is 3. The lowest BCUT2D eigenvalue weighted by Crippen LogP contribution is -1.98. The summed E-state index contributed by atoms with van der Waals surface area (Å²) >= 11 is 0. The molecule has 0 fully saturated rings. The summed E-state index contributed by atoms with van der Waals surface area (Å²) in [6.45, 7) is 3.98. The van der Waals surface area contributed by atoms with Gasteiger partial charge in [-0.15, -0.1) is 0 Å². The molecule has 3 heteroatoms. The van der Waals surface area contributed by atoms with Crippen LogP contribution in [0, 0.1) is 6.92 Å². The standard InChI is InChI=1S/C21H18N2O/c1-3-20(24)15-7-5-9-18-14(15)10-11-19(23-18)17-12-22-21-13(2)6-4-8-16(17)21/h4-12,22H,3H2,1-2H3. The first-order valence-electron chi connectivity index (χ1n) is 8.19. The van der Waals surface area contributed by atoms with Gasteiger partial charge in [-0.3, -0.25) is 4.79 Å². The third-order valence-corrected chi connectivity index (χ3v) is 4.55. The topological polar surface area (TPSA) is 45.8 Å². The molecule has 4 aromatic rings. The van der Waals surface area contributed by atoms with E-state index in [1.165, 1.54) is 10.9 Å². The smallest absolute Gasteiger partial charge is 0.163 e. The molecule has 2 heterocycles. The first-order chi connectivity index (χ1) is 11.7. The number of Topliss-reactive ketones (excluding diaryl/α,β-unsaturated/α-hetero) is 1. The molecule has 0 atom stereocenters. The minimum atomic E-state index is 0.151. The lowest BCUT2D eigenvalue weighted by molar-refractivity contribution is 0.0989. The van der Waals surface area contributed by atoms with Crippen LogP contribution in [-0.4, -0.2) is 15.8 Å². The number of ketones is 1. The van der Waals surface area contributed by atoms with Gasteiger partial charge in [0.05, 0.1) is 11.2 Å². The average Bonchev–Trinajstić information content (AvgIpc) is 3.05. The highest BCUT2D eigenvalue weighted by atomic mass is 16.1. The fourth-order valence-corrected chi connectivity index (χ4v) is 3.26. The molecule has 0 aliphatic carbocycles. The molecule has 1 N–H and O–H groups in total. The van der Waals surface area contributed by atoms with Crippen LogP contribution in [0.25, 0.3) is 33.1 Å². The number of nitrogens with one attached hydrogen (secondary N) is 1. The van der Waals surface area contributed by atoms with E-state index in [9.17, 15) is 4.79 Å². The van der Waals surface area contributed by atoms with Crippen molar-refractivity contribution in [1.29, 1.82) is 0 Å². The van der Waals surface area contributed by atoms with Crippen LogP contribution in [0.15, 0.2) is 54.7 Å². The summed E-state index contributed by atoms with van der Waals surface area (Å²) < 4.78 is 0. The normalized spacial score (nSPS) is 11.2. The summed E-state index contributed by atoms with van der Waals surface area (Å²) in [5.41, 5.74) is 5.97. The largest absolute Gasteiger partial charge is 0.360 e. The highest BCUT2D eigenvalue weighted by Gasteiger charge is 2.12. The molecule has 0 saturated heterocycles. The third kappa shape index (κ3) is 2.21. The average molecular weight is 314 g/mol. The van der Waals surface area contributed by atoms with Crippen molar-refractivity contribution in [2.24, 2.45) is 0 Å². The number of H-pyrrole nitrogens is 1. The van der Waals surface area contributed by atoms with Crippen LogP contribution in [-0.2, 0) is 0 Å². The Bertz CT molecular complexity index is 1080. The lowest BCUT2D eigenvalue weighted by Gasteiger charge is -2.06. The number of benzene rings is 2. The highest BCUT2D eigenvalue weighted by molar-refractivity contribution is 6.07. The summed E-state index contributed by atoms with van der Waals surface area (Å²) in [6, 6.07) is 16.0. The van der Waals surface area contributed by atoms with Gasteiger partial charge in [-0.2, -0.15) is 0 Å². The van der Waals surface area contributed by atoms with E-state index in [0.29, 0.717) is 6.42 Å². The van der Waals surface area contributed by atoms with Crippen LogP contribution < -0.4 is 0 Å². The molecule has 0 aliphatic heterocycles. The number of carbonyl (C=O) groups excluding carboxylic acids is 1. The van der Waals surface area contributed by atoms with Crippen molar-refractivity contribution in [2.45, 2.75) is 20.3 Å². The first kappa shape index (κ1) is 14.6. The minimum absolute atomic E-state index is 0.151. The number of hydrogen-bond acceptors (Lipinski definition) is 2. The van der Waals surface area contributed by atoms with Gasteiger partial charge in [-0.1, -0.05) is 37.3 Å². The molecule has 0 amide bonds. The Morgan fingerprint density at radius 1 is 1.04 bits per heavy atom. The number of aromatic amines is 1. The van der Waals surface area contributed by atoms with E-state index in [-0.39, 0.29) is 5.78 Å². The summed E-state index contributed by atoms with van der Waals surface area (Å²) in [4.78, 5) is 20.3. The monoisotopic (exact) mass is 314 g/mol. The van der Waals surface area contributed by atoms with Gasteiger partial charge in [-0.25, -0.2) is 4.98 Å². The Kier molecular flexibility index (Phi) is 3.42. The zero-order chi connectivity index (χ0) is 16.7. The Labute approximate surface area is 140 Å². The number of aromatic nitrogens is 2. The maximum absolute atomic E-state index is 12.1. The maximum atomic E-state index is 12.1. The van der Waals surface area contributed by atoms with Crippen molar-refractivity contribution in [3.05, 3.63) is 65.9 Å². The quantitative estimate of drug-likeness (QED) is 0.523. The van der Waals surface area contributed by atoms with Gasteiger partial charge in [0.1, 0.15) is 0 Å². The van der Waals surface area contributed by atoms with Crippen molar-refractivity contribution in [1.82, 2.24) is 9.97 Å². The molecule has 24 heavy (non-hydrogen) atoms. The molecule has 0 saturated carbocycles. The zero-order valence-electron chi connectivity index (χ0n) is 13.8. The number of para-hydroxylation sites is 1. The minimum Gasteiger partial charge on any atom is -0.360 e. The van der Waals surface area contributed by atoms with Crippen molar-refractivity contribution in [3.8, 4) is 11.3 Å². The number of pyridine rings is 1. The van der Waals surface area contributed by atoms with Crippen LogP contribution in [0.4, 0.5) is 0 Å². The van der Waals surface area contributed by atoms with Gasteiger partial charge in [0.15, 0.2) is 5.78 Å². The molecule has 2 aromatic carbocycles. The Balaban J connectivity index is 1.92. The van der Waals surface area contributed by atoms with Crippen LogP contribution in [0.3, 0.4) is 0 Å². The highest BCUT2D eigenvalue weighted by Crippen LogP contribution is 2.30. The second-order valence-corrected chi connectivity index (χ2v) is 6.05. The van der Waals surface area contributed by atoms with Gasteiger partial charge in [0.2, 0.25) is 0 Å². The summed E-state index contributed by atoms with van der Waals surface area (Å²) in [5.74, 6) is 0.151. The van der Waals surface area contributed by atoms with E-state index >= 15 is 0 Å². The zero-order valence-corrected chi connectivity index (χ0v) is 13.8. The van der Waals surface area contributed by atoms with Crippen LogP contribution in [0.5, 0.6) is 0 Å². The molecular weight excluding hydrogens is 296 g/mol. The van der Waals surface area contributed by atoms with Crippen molar-refractivity contribution in [2.75, 3.05) is 0 Å². The van der Waals surface area contributed by atoms with Gasteiger partial charge in [0.25, 0.3) is 0 Å². The Morgan fingerprint density at radius 3 is 2.71 bits per heavy atom. The molecule has 3 nitrogen and oxygen atoms in total. The van der Waals surface area contributed by atoms with Gasteiger partial charge in [0, 0.05) is 40.0 Å². The van der Waals surface area contributed by atoms with E-state index in [1.807, 2.05) is 43.5 Å². The maximum Gasteiger partial charge on any atom is 0.163 e. The second kappa shape index (κ2) is 5.60. The van der Waals surface area contributed by atoms with Crippen molar-refractivity contribution >= 4 is 27.6 Å². The molecule has 0 unspecified atom stereocenters. The number of hydrogen-bond donors (Lipinski definition) is 1. The number of carbonyl (C=O) groups is 1. The lowest BCUT2D eigenvalue weighted by atomic mass is 10.0. The van der Waals surface area contributed by atoms with E-state index in [4.69, 9.17) is 4.98 Å². The number of nitrogens with zero attached hydrogens (tertiary/aromatic N) is 1. The summed E-state index contributed by atoms with van der Waals surface area (Å²) in [7, 11) is 0. The van der Waals surface area contributed by atoms with Crippen molar-refractivity contribution in [3.63, 3.8) is 0 Å². The van der Waals surface area contributed by atoms with E-state index < -0.39 is 0 Å². The molecule has 2 aromatic heterocycles. The molecule has 0 aliphatic rings. The molecule has 0 bridgehead atoms. The predicted molar refractivity (Wildman–Crippen MR) is 98.4 cm³/mol. The fourth-order valence-electron chi connectivity index (χ4n) is 3.26. The number of fused-ring (bicyclic) bond motifs is 2. The van der Waals surface area contributed by atoms with Gasteiger partial charge in [-0.05, 0) is 30.7 Å². The van der Waals surface area contributed by atoms with Crippen LogP contribution >= 0.6 is 0 Å². The SMILES string of the molecule is CCC(=O)c1cccc2nc(-c3c[nH]c4c(C)cccc34)ccc12. The summed E-state index contributed by atoms with van der Waals surface area (Å²) in [6.07, 6.45) is 2.51. The van der Waals surface area contributed by atoms with Crippen LogP contribution in [0.2, 0.25) is 0 Å². The summed E-state index contributed by atoms with van der Waals surface area (Å²) in [5, 5.41) is 2.09. The van der Waals surface area contributed by atoms with Crippen LogP contribution in [0.1, 0.15) is 29.3 Å². The molecule has 0 radical (unpaired) electrons. The number of aryl methyl sites for hydroxylation is 1. The Hall–Kier alpha value is -2.94. The van der Waals surface area contributed by atoms with E-state index in [2.05, 4.69) is 30.1 Å².